The normalized spacial score (nSPS) is 25.3. The molecule has 0 bridgehead atoms. The lowest BCUT2D eigenvalue weighted by atomic mass is 10.4. The van der Waals surface area contributed by atoms with Crippen molar-refractivity contribution in [3.8, 4) is 0 Å². The van der Waals surface area contributed by atoms with Crippen LogP contribution in [0.1, 0.15) is 0 Å². The zero-order chi connectivity index (χ0) is 6.97. The van der Waals surface area contributed by atoms with Crippen LogP contribution in [0.2, 0.25) is 0 Å². The summed E-state index contributed by atoms with van der Waals surface area (Å²) in [6.07, 6.45) is 4.71. The molecule has 5 nitrogen and oxygen atoms in total. The maximum absolute atomic E-state index is 10.9. The van der Waals surface area contributed by atoms with E-state index in [1.807, 2.05) is 0 Å². The number of nitrogens with one attached hydrogen (secondary N) is 2. The maximum atomic E-state index is 10.9. The van der Waals surface area contributed by atoms with Crippen LogP contribution in [0.15, 0.2) is 22.0 Å². The van der Waals surface area contributed by atoms with Gasteiger partial charge in [0.2, 0.25) is 12.0 Å². The van der Waals surface area contributed by atoms with Crippen LogP contribution in [0.3, 0.4) is 0 Å². The molecule has 2 N–H and O–H groups in total. The molecule has 0 aromatic carbocycles. The van der Waals surface area contributed by atoms with Gasteiger partial charge in [-0.25, -0.2) is 15.3 Å². The van der Waals surface area contributed by atoms with Crippen LogP contribution in [0.4, 0.5) is 0 Å². The molecule has 0 fully saturated rings. The van der Waals surface area contributed by atoms with Gasteiger partial charge in [-0.05, 0) is 0 Å². The van der Waals surface area contributed by atoms with Gasteiger partial charge in [0.25, 0.3) is 0 Å². The van der Waals surface area contributed by atoms with Crippen molar-refractivity contribution in [1.82, 2.24) is 5.43 Å². The summed E-state index contributed by atoms with van der Waals surface area (Å²) in [6, 6.07) is 0. The minimum Gasteiger partial charge on any atom is -1.00 e. The molecule has 0 radical (unpaired) electrons. The van der Waals surface area contributed by atoms with Crippen molar-refractivity contribution < 1.29 is 26.7 Å². The summed E-state index contributed by atoms with van der Waals surface area (Å²) >= 11 is 0. The monoisotopic (exact) mass is 216 g/mol. The SMILES string of the molecule is O=C1NN=C[NH+]2C=NC=C12.[Br-]. The van der Waals surface area contributed by atoms with Crippen molar-refractivity contribution in [1.29, 1.82) is 0 Å². The quantitative estimate of drug-likeness (QED) is 0.418. The number of hydrazone groups is 1. The van der Waals surface area contributed by atoms with E-state index in [9.17, 15) is 4.79 Å². The van der Waals surface area contributed by atoms with Gasteiger partial charge in [-0.15, -0.1) is 5.10 Å². The Bertz CT molecular complexity index is 270. The summed E-state index contributed by atoms with van der Waals surface area (Å²) in [5.74, 6) is -0.185. The predicted octanol–water partition coefficient (Wildman–Crippen LogP) is -5.17. The molecule has 2 aliphatic rings. The second-order valence-electron chi connectivity index (χ2n) is 1.98. The topological polar surface area (TPSA) is 58.3 Å². The van der Waals surface area contributed by atoms with Gasteiger partial charge in [0.15, 0.2) is 6.34 Å². The molecule has 2 aliphatic heterocycles. The number of nitrogens with zero attached hydrogens (tertiary/aromatic N) is 2. The number of quaternary nitrogens is 1. The smallest absolute Gasteiger partial charge is 0.328 e. The number of hydrogen-bond acceptors (Lipinski definition) is 3. The molecule has 1 amide bonds. The highest BCUT2D eigenvalue weighted by Crippen LogP contribution is 1.90. The van der Waals surface area contributed by atoms with E-state index in [4.69, 9.17) is 0 Å². The first-order valence-electron chi connectivity index (χ1n) is 2.82. The highest BCUT2D eigenvalue weighted by atomic mass is 79.9. The predicted molar refractivity (Wildman–Crippen MR) is 34.2 cm³/mol. The molecule has 0 aromatic heterocycles. The largest absolute Gasteiger partial charge is 1.00 e. The molecule has 0 aromatic rings. The standard InChI is InChI=1S/C5H4N4O.BrH/c10-5-4-1-6-2-9(4)3-7-8-5;/h1-3H,(H,8,10);1H. The van der Waals surface area contributed by atoms with Crippen LogP contribution in [0.5, 0.6) is 0 Å². The fraction of sp³-hybridized carbons (Fsp3) is 0. The molecule has 11 heavy (non-hydrogen) atoms. The number of hydrogen-bond donors (Lipinski definition) is 2. The van der Waals surface area contributed by atoms with Crippen LogP contribution < -0.4 is 27.3 Å². The third kappa shape index (κ3) is 1.22. The molecular formula is C5H5BrN4O. The number of carbonyl (C=O) groups is 1. The highest BCUT2D eigenvalue weighted by Gasteiger charge is 2.27. The van der Waals surface area contributed by atoms with Crippen molar-refractivity contribution in [2.45, 2.75) is 0 Å². The summed E-state index contributed by atoms with van der Waals surface area (Å²) in [6.45, 7) is 0. The molecule has 2 rings (SSSR count). The molecule has 0 spiro atoms. The molecular weight excluding hydrogens is 212 g/mol. The number of carbonyl (C=O) groups excluding carboxylic acids is 1. The highest BCUT2D eigenvalue weighted by molar-refractivity contribution is 5.95. The van der Waals surface area contributed by atoms with Crippen LogP contribution in [-0.2, 0) is 4.79 Å². The molecule has 0 saturated heterocycles. The Balaban J connectivity index is 0.000000605. The first-order valence-corrected chi connectivity index (χ1v) is 2.82. The van der Waals surface area contributed by atoms with Gasteiger partial charge in [0, 0.05) is 0 Å². The van der Waals surface area contributed by atoms with Crippen molar-refractivity contribution in [3.63, 3.8) is 0 Å². The molecule has 6 heteroatoms. The number of fused-ring (bicyclic) bond motifs is 1. The van der Waals surface area contributed by atoms with E-state index < -0.39 is 0 Å². The molecule has 1 unspecified atom stereocenters. The minimum atomic E-state index is -0.185. The molecule has 58 valence electrons. The summed E-state index contributed by atoms with van der Waals surface area (Å²) < 4.78 is 0. The molecule has 0 saturated carbocycles. The second kappa shape index (κ2) is 2.93. The van der Waals surface area contributed by atoms with E-state index in [0.717, 1.165) is 4.90 Å². The van der Waals surface area contributed by atoms with Crippen molar-refractivity contribution in [3.05, 3.63) is 11.9 Å². The van der Waals surface area contributed by atoms with Crippen molar-refractivity contribution >= 4 is 18.6 Å². The lowest BCUT2D eigenvalue weighted by molar-refractivity contribution is -0.628. The Morgan fingerprint density at radius 2 is 2.27 bits per heavy atom. The van der Waals surface area contributed by atoms with E-state index >= 15 is 0 Å². The lowest BCUT2D eigenvalue weighted by Crippen LogP contribution is -3.09. The third-order valence-electron chi connectivity index (χ3n) is 1.34. The van der Waals surface area contributed by atoms with Gasteiger partial charge in [-0.2, -0.15) is 0 Å². The van der Waals surface area contributed by atoms with Crippen LogP contribution in [-0.4, -0.2) is 18.6 Å². The van der Waals surface area contributed by atoms with E-state index in [0.29, 0.717) is 5.70 Å². The van der Waals surface area contributed by atoms with Crippen molar-refractivity contribution in [2.24, 2.45) is 10.1 Å². The van der Waals surface area contributed by atoms with Gasteiger partial charge >= 0.3 is 5.91 Å². The van der Waals surface area contributed by atoms with Gasteiger partial charge in [0.1, 0.15) is 6.20 Å². The summed E-state index contributed by atoms with van der Waals surface area (Å²) in [5.41, 5.74) is 2.91. The Labute approximate surface area is 73.2 Å². The van der Waals surface area contributed by atoms with Gasteiger partial charge in [-0.3, -0.25) is 4.79 Å². The summed E-state index contributed by atoms with van der Waals surface area (Å²) in [7, 11) is 0. The Kier molecular flexibility index (Phi) is 2.16. The van der Waals surface area contributed by atoms with E-state index in [1.165, 1.54) is 6.20 Å². The zero-order valence-corrected chi connectivity index (χ0v) is 7.00. The van der Waals surface area contributed by atoms with Crippen LogP contribution >= 0.6 is 0 Å². The van der Waals surface area contributed by atoms with Gasteiger partial charge < -0.3 is 17.0 Å². The average Bonchev–Trinajstić information content (AvgIpc) is 2.36. The van der Waals surface area contributed by atoms with Crippen LogP contribution in [0.25, 0.3) is 0 Å². The van der Waals surface area contributed by atoms with Crippen molar-refractivity contribution in [2.75, 3.05) is 0 Å². The molecule has 2 heterocycles. The first kappa shape index (κ1) is 8.09. The number of halogens is 1. The molecule has 0 aliphatic carbocycles. The van der Waals surface area contributed by atoms with Crippen LogP contribution in [0, 0.1) is 0 Å². The number of aliphatic imine (C=N–C) groups is 1. The maximum Gasteiger partial charge on any atom is 0.328 e. The first-order chi connectivity index (χ1) is 4.88. The zero-order valence-electron chi connectivity index (χ0n) is 5.41. The minimum absolute atomic E-state index is 0. The van der Waals surface area contributed by atoms with Gasteiger partial charge in [-0.1, -0.05) is 0 Å². The fourth-order valence-electron chi connectivity index (χ4n) is 0.849. The molecule has 1 atom stereocenters. The van der Waals surface area contributed by atoms with E-state index in [1.54, 1.807) is 12.7 Å². The average molecular weight is 217 g/mol. The van der Waals surface area contributed by atoms with E-state index in [2.05, 4.69) is 15.5 Å². The lowest BCUT2D eigenvalue weighted by Gasteiger charge is -2.08. The van der Waals surface area contributed by atoms with Gasteiger partial charge in [0.05, 0.1) is 0 Å². The summed E-state index contributed by atoms with van der Waals surface area (Å²) in [4.78, 5) is 15.5. The fourth-order valence-corrected chi connectivity index (χ4v) is 0.849. The number of rotatable bonds is 0. The Morgan fingerprint density at radius 1 is 1.45 bits per heavy atom. The number of amides is 1. The van der Waals surface area contributed by atoms with E-state index in [-0.39, 0.29) is 22.9 Å². The second-order valence-corrected chi connectivity index (χ2v) is 1.98. The summed E-state index contributed by atoms with van der Waals surface area (Å²) in [5, 5.41) is 3.61. The third-order valence-corrected chi connectivity index (χ3v) is 1.34. The Hall–Kier alpha value is -1.01. The Morgan fingerprint density at radius 3 is 3.00 bits per heavy atom.